The van der Waals surface area contributed by atoms with Gasteiger partial charge in [0.25, 0.3) is 0 Å². The minimum atomic E-state index is -3.47. The van der Waals surface area contributed by atoms with Crippen LogP contribution in [0.15, 0.2) is 29.3 Å². The molecule has 33 heavy (non-hydrogen) atoms. The van der Waals surface area contributed by atoms with Gasteiger partial charge in [-0.25, -0.2) is 18.4 Å². The van der Waals surface area contributed by atoms with Crippen molar-refractivity contribution in [2.45, 2.75) is 64.3 Å². The standard InChI is InChI=1S/C24H32N4O4S/c1-14(2)22-20-10-16-9-17(13-29)21(33(6,31)32)11-19(16)27(20)7-8-28(22)23-25-12-18(15(3)26-23)24(4,5)30/h9-12,14,22,29-30H,7-8,13H2,1-6H3/t22-/m0/s1. The van der Waals surface area contributed by atoms with E-state index in [4.69, 9.17) is 4.98 Å². The van der Waals surface area contributed by atoms with Crippen LogP contribution in [0.4, 0.5) is 5.95 Å². The largest absolute Gasteiger partial charge is 0.392 e. The molecule has 8 nitrogen and oxygen atoms in total. The quantitative estimate of drug-likeness (QED) is 0.587. The van der Waals surface area contributed by atoms with Crippen LogP contribution >= 0.6 is 0 Å². The van der Waals surface area contributed by atoms with Gasteiger partial charge in [0.2, 0.25) is 5.95 Å². The smallest absolute Gasteiger partial charge is 0.226 e. The van der Waals surface area contributed by atoms with Gasteiger partial charge in [-0.3, -0.25) is 0 Å². The van der Waals surface area contributed by atoms with Crippen LogP contribution in [0.25, 0.3) is 10.9 Å². The first-order valence-electron chi connectivity index (χ1n) is 11.1. The fraction of sp³-hybridized carbons (Fsp3) is 0.500. The average molecular weight is 473 g/mol. The molecule has 0 bridgehead atoms. The Morgan fingerprint density at radius 2 is 1.91 bits per heavy atom. The summed E-state index contributed by atoms with van der Waals surface area (Å²) < 4.78 is 26.8. The van der Waals surface area contributed by atoms with Gasteiger partial charge in [0.05, 0.1) is 23.1 Å². The Bertz CT molecular complexity index is 1320. The number of sulfone groups is 1. The zero-order valence-corrected chi connectivity index (χ0v) is 20.8. The molecular weight excluding hydrogens is 440 g/mol. The Labute approximate surface area is 194 Å². The van der Waals surface area contributed by atoms with E-state index in [1.807, 2.05) is 6.92 Å². The van der Waals surface area contributed by atoms with E-state index in [2.05, 4.69) is 34.4 Å². The maximum absolute atomic E-state index is 12.3. The molecule has 0 radical (unpaired) electrons. The third kappa shape index (κ3) is 4.13. The van der Waals surface area contributed by atoms with Crippen LogP contribution in [0.3, 0.4) is 0 Å². The summed E-state index contributed by atoms with van der Waals surface area (Å²) in [6.07, 6.45) is 2.87. The third-order valence-electron chi connectivity index (χ3n) is 6.40. The number of hydrogen-bond donors (Lipinski definition) is 2. The molecule has 178 valence electrons. The number of aryl methyl sites for hydroxylation is 1. The molecule has 1 aromatic carbocycles. The Hall–Kier alpha value is -2.49. The van der Waals surface area contributed by atoms with E-state index in [1.165, 1.54) is 6.26 Å². The molecule has 4 rings (SSSR count). The van der Waals surface area contributed by atoms with Gasteiger partial charge in [-0.15, -0.1) is 0 Å². The maximum atomic E-state index is 12.3. The van der Waals surface area contributed by atoms with E-state index in [0.717, 1.165) is 22.3 Å². The van der Waals surface area contributed by atoms with E-state index in [0.29, 0.717) is 30.2 Å². The molecule has 2 aromatic heterocycles. The Morgan fingerprint density at radius 1 is 1.21 bits per heavy atom. The van der Waals surface area contributed by atoms with E-state index < -0.39 is 15.4 Å². The predicted molar refractivity (Wildman–Crippen MR) is 128 cm³/mol. The lowest BCUT2D eigenvalue weighted by Gasteiger charge is -2.39. The molecule has 0 saturated carbocycles. The number of rotatable bonds is 5. The highest BCUT2D eigenvalue weighted by Gasteiger charge is 2.34. The first kappa shape index (κ1) is 23.7. The molecule has 2 N–H and O–H groups in total. The molecular formula is C24H32N4O4S. The first-order chi connectivity index (χ1) is 15.3. The minimum absolute atomic E-state index is 0.0159. The number of aliphatic hydroxyl groups is 2. The van der Waals surface area contributed by atoms with Gasteiger partial charge in [-0.2, -0.15) is 0 Å². The first-order valence-corrected chi connectivity index (χ1v) is 13.0. The van der Waals surface area contributed by atoms with Gasteiger partial charge < -0.3 is 19.7 Å². The summed E-state index contributed by atoms with van der Waals surface area (Å²) >= 11 is 0. The summed E-state index contributed by atoms with van der Waals surface area (Å²) in [5, 5.41) is 21.1. The van der Waals surface area contributed by atoms with Crippen molar-refractivity contribution in [2.75, 3.05) is 17.7 Å². The summed E-state index contributed by atoms with van der Waals surface area (Å²) in [5.41, 5.74) is 2.74. The van der Waals surface area contributed by atoms with Gasteiger partial charge in [0.15, 0.2) is 9.84 Å². The molecule has 9 heteroatoms. The normalized spacial score (nSPS) is 17.1. The molecule has 3 aromatic rings. The number of anilines is 1. The highest BCUT2D eigenvalue weighted by atomic mass is 32.2. The minimum Gasteiger partial charge on any atom is -0.392 e. The number of benzene rings is 1. The lowest BCUT2D eigenvalue weighted by atomic mass is 9.97. The van der Waals surface area contributed by atoms with Crippen molar-refractivity contribution < 1.29 is 18.6 Å². The second kappa shape index (κ2) is 8.07. The molecule has 0 spiro atoms. The van der Waals surface area contributed by atoms with Crippen molar-refractivity contribution in [1.29, 1.82) is 0 Å². The van der Waals surface area contributed by atoms with Gasteiger partial charge in [-0.1, -0.05) is 13.8 Å². The lowest BCUT2D eigenvalue weighted by Crippen LogP contribution is -2.41. The third-order valence-corrected chi connectivity index (χ3v) is 7.58. The fourth-order valence-electron chi connectivity index (χ4n) is 4.95. The molecule has 0 amide bonds. The van der Waals surface area contributed by atoms with Crippen molar-refractivity contribution in [3.63, 3.8) is 0 Å². The molecule has 0 fully saturated rings. The topological polar surface area (TPSA) is 109 Å². The second-order valence-corrected chi connectivity index (χ2v) is 11.8. The molecule has 0 unspecified atom stereocenters. The van der Waals surface area contributed by atoms with Crippen molar-refractivity contribution in [1.82, 2.24) is 14.5 Å². The molecule has 3 heterocycles. The van der Waals surface area contributed by atoms with Crippen LogP contribution in [-0.4, -0.2) is 46.0 Å². The number of nitrogens with zero attached hydrogens (tertiary/aromatic N) is 4. The Morgan fingerprint density at radius 3 is 2.45 bits per heavy atom. The number of aliphatic hydroxyl groups excluding tert-OH is 1. The van der Waals surface area contributed by atoms with Crippen LogP contribution < -0.4 is 4.90 Å². The van der Waals surface area contributed by atoms with Crippen molar-refractivity contribution in [3.05, 3.63) is 46.9 Å². The van der Waals surface area contributed by atoms with Gasteiger partial charge in [0.1, 0.15) is 0 Å². The highest BCUT2D eigenvalue weighted by molar-refractivity contribution is 7.90. The maximum Gasteiger partial charge on any atom is 0.226 e. The van der Waals surface area contributed by atoms with Gasteiger partial charge in [-0.05, 0) is 50.5 Å². The van der Waals surface area contributed by atoms with Crippen LogP contribution in [0.1, 0.15) is 56.3 Å². The van der Waals surface area contributed by atoms with E-state index in [1.54, 1.807) is 32.2 Å². The van der Waals surface area contributed by atoms with Crippen molar-refractivity contribution in [2.24, 2.45) is 5.92 Å². The van der Waals surface area contributed by atoms with E-state index in [-0.39, 0.29) is 23.5 Å². The molecule has 0 aliphatic carbocycles. The van der Waals surface area contributed by atoms with E-state index >= 15 is 0 Å². The highest BCUT2D eigenvalue weighted by Crippen LogP contribution is 2.39. The van der Waals surface area contributed by atoms with Crippen molar-refractivity contribution in [3.8, 4) is 0 Å². The lowest BCUT2D eigenvalue weighted by molar-refractivity contribution is 0.0770. The Balaban J connectivity index is 1.85. The monoisotopic (exact) mass is 472 g/mol. The number of hydrogen-bond acceptors (Lipinski definition) is 7. The SMILES string of the molecule is Cc1nc(N2CCn3c(cc4cc(CO)c(S(C)(=O)=O)cc43)[C@@H]2C(C)C)ncc1C(C)(C)O. The predicted octanol–water partition coefficient (Wildman–Crippen LogP) is 3.08. The van der Waals surface area contributed by atoms with Crippen LogP contribution in [0.5, 0.6) is 0 Å². The fourth-order valence-corrected chi connectivity index (χ4v) is 5.87. The van der Waals surface area contributed by atoms with Crippen LogP contribution in [-0.2, 0) is 28.6 Å². The van der Waals surface area contributed by atoms with Crippen molar-refractivity contribution >= 4 is 26.7 Å². The van der Waals surface area contributed by atoms with Gasteiger partial charge in [0, 0.05) is 53.4 Å². The van der Waals surface area contributed by atoms with Crippen LogP contribution in [0.2, 0.25) is 0 Å². The summed E-state index contributed by atoms with van der Waals surface area (Å²) in [5.74, 6) is 0.849. The van der Waals surface area contributed by atoms with Gasteiger partial charge >= 0.3 is 0 Å². The number of aromatic nitrogens is 3. The zero-order valence-electron chi connectivity index (χ0n) is 20.0. The zero-order chi connectivity index (χ0) is 24.3. The molecule has 0 saturated heterocycles. The summed E-state index contributed by atoms with van der Waals surface area (Å²) in [7, 11) is -3.47. The molecule has 1 atom stereocenters. The second-order valence-electron chi connectivity index (χ2n) is 9.78. The van der Waals surface area contributed by atoms with Crippen LogP contribution in [0, 0.1) is 12.8 Å². The van der Waals surface area contributed by atoms with E-state index in [9.17, 15) is 18.6 Å². The summed E-state index contributed by atoms with van der Waals surface area (Å²) in [6.45, 7) is 10.6. The Kier molecular flexibility index (Phi) is 5.79. The average Bonchev–Trinajstić information content (AvgIpc) is 3.07. The number of fused-ring (bicyclic) bond motifs is 3. The molecule has 1 aliphatic rings. The molecule has 1 aliphatic heterocycles. The summed E-state index contributed by atoms with van der Waals surface area (Å²) in [4.78, 5) is 11.7. The summed E-state index contributed by atoms with van der Waals surface area (Å²) in [6, 6.07) is 5.52.